The lowest BCUT2D eigenvalue weighted by atomic mass is 10.0. The molecule has 0 saturated carbocycles. The average Bonchev–Trinajstić information content (AvgIpc) is 3.32. The third-order valence-electron chi connectivity index (χ3n) is 5.52. The summed E-state index contributed by atoms with van der Waals surface area (Å²) in [5.74, 6) is 0.730. The molecular formula is C26H20N2O6. The molecule has 0 radical (unpaired) electrons. The summed E-state index contributed by atoms with van der Waals surface area (Å²) in [7, 11) is 1.54. The molecule has 0 fully saturated rings. The molecule has 2 heterocycles. The van der Waals surface area contributed by atoms with Gasteiger partial charge in [0.25, 0.3) is 0 Å². The van der Waals surface area contributed by atoms with E-state index in [0.29, 0.717) is 34.0 Å². The highest BCUT2D eigenvalue weighted by Crippen LogP contribution is 2.35. The van der Waals surface area contributed by atoms with Crippen molar-refractivity contribution in [3.63, 3.8) is 0 Å². The normalized spacial score (nSPS) is 11.9. The Balaban J connectivity index is 1.58. The van der Waals surface area contributed by atoms with E-state index >= 15 is 0 Å². The predicted octanol–water partition coefficient (Wildman–Crippen LogP) is 3.61. The largest absolute Gasteiger partial charge is 0.497 e. The first kappa shape index (κ1) is 21.3. The molecule has 8 nitrogen and oxygen atoms in total. The Morgan fingerprint density at radius 1 is 1.00 bits per heavy atom. The van der Waals surface area contributed by atoms with E-state index in [2.05, 4.69) is 5.32 Å². The molecular weight excluding hydrogens is 436 g/mol. The van der Waals surface area contributed by atoms with Crippen LogP contribution in [0.3, 0.4) is 0 Å². The van der Waals surface area contributed by atoms with Gasteiger partial charge in [0.1, 0.15) is 12.3 Å². The molecule has 170 valence electrons. The molecule has 1 aromatic heterocycles. The van der Waals surface area contributed by atoms with Crippen LogP contribution < -0.4 is 25.0 Å². The lowest BCUT2D eigenvalue weighted by Crippen LogP contribution is -2.24. The number of amides is 1. The summed E-state index contributed by atoms with van der Waals surface area (Å²) in [5.41, 5.74) is 0.929. The van der Waals surface area contributed by atoms with Crippen LogP contribution in [0.15, 0.2) is 77.7 Å². The van der Waals surface area contributed by atoms with Crippen LogP contribution in [-0.4, -0.2) is 30.2 Å². The molecule has 0 saturated heterocycles. The minimum Gasteiger partial charge on any atom is -0.497 e. The van der Waals surface area contributed by atoms with Gasteiger partial charge in [-0.1, -0.05) is 36.4 Å². The maximum atomic E-state index is 13.3. The van der Waals surface area contributed by atoms with Crippen LogP contribution in [0.25, 0.3) is 10.9 Å². The van der Waals surface area contributed by atoms with E-state index in [-0.39, 0.29) is 30.2 Å². The first-order valence-corrected chi connectivity index (χ1v) is 10.5. The lowest BCUT2D eigenvalue weighted by Gasteiger charge is -2.14. The zero-order valence-corrected chi connectivity index (χ0v) is 18.2. The lowest BCUT2D eigenvalue weighted by molar-refractivity contribution is -0.116. The number of carbonyl (C=O) groups excluding carboxylic acids is 2. The number of benzene rings is 3. The Labute approximate surface area is 194 Å². The number of hydrogen-bond donors (Lipinski definition) is 1. The van der Waals surface area contributed by atoms with Gasteiger partial charge < -0.3 is 24.1 Å². The fourth-order valence-electron chi connectivity index (χ4n) is 3.87. The number of carbonyl (C=O) groups is 2. The number of nitrogens with zero attached hydrogens (tertiary/aromatic N) is 1. The van der Waals surface area contributed by atoms with E-state index in [0.717, 1.165) is 0 Å². The predicted molar refractivity (Wildman–Crippen MR) is 126 cm³/mol. The molecule has 8 heteroatoms. The summed E-state index contributed by atoms with van der Waals surface area (Å²) in [4.78, 5) is 39.4. The Hall–Kier alpha value is -4.59. The summed E-state index contributed by atoms with van der Waals surface area (Å²) in [6.45, 7) is -0.103. The van der Waals surface area contributed by atoms with Crippen molar-refractivity contribution in [1.82, 2.24) is 4.57 Å². The molecule has 0 unspecified atom stereocenters. The van der Waals surface area contributed by atoms with Gasteiger partial charge in [0.05, 0.1) is 23.6 Å². The molecule has 3 aromatic carbocycles. The fourth-order valence-corrected chi connectivity index (χ4v) is 3.87. The number of rotatable bonds is 6. The fraction of sp³-hybridized carbons (Fsp3) is 0.115. The first-order chi connectivity index (χ1) is 16.5. The molecule has 1 amide bonds. The number of ketones is 1. The quantitative estimate of drug-likeness (QED) is 0.446. The highest BCUT2D eigenvalue weighted by Gasteiger charge is 2.22. The van der Waals surface area contributed by atoms with Crippen molar-refractivity contribution in [2.45, 2.75) is 6.54 Å². The van der Waals surface area contributed by atoms with Gasteiger partial charge in [0, 0.05) is 29.6 Å². The zero-order valence-electron chi connectivity index (χ0n) is 18.2. The van der Waals surface area contributed by atoms with Gasteiger partial charge in [0.2, 0.25) is 18.1 Å². The minimum absolute atomic E-state index is 0.0337. The van der Waals surface area contributed by atoms with E-state index in [1.54, 1.807) is 78.4 Å². The van der Waals surface area contributed by atoms with E-state index in [1.807, 2.05) is 0 Å². The molecule has 1 aliphatic rings. The van der Waals surface area contributed by atoms with Gasteiger partial charge in [-0.05, 0) is 18.2 Å². The Bertz CT molecular complexity index is 1480. The number of nitrogens with one attached hydrogen (secondary N) is 1. The van der Waals surface area contributed by atoms with Crippen LogP contribution in [0.5, 0.6) is 17.2 Å². The van der Waals surface area contributed by atoms with E-state index in [1.165, 1.54) is 6.20 Å². The molecule has 0 aliphatic carbocycles. The number of hydrogen-bond acceptors (Lipinski definition) is 6. The molecule has 1 aliphatic heterocycles. The summed E-state index contributed by atoms with van der Waals surface area (Å²) < 4.78 is 17.6. The zero-order chi connectivity index (χ0) is 23.7. The molecule has 34 heavy (non-hydrogen) atoms. The second kappa shape index (κ2) is 8.74. The molecule has 0 atom stereocenters. The minimum atomic E-state index is -0.438. The Morgan fingerprint density at radius 3 is 2.53 bits per heavy atom. The average molecular weight is 456 g/mol. The summed E-state index contributed by atoms with van der Waals surface area (Å²) in [5, 5.41) is 3.08. The van der Waals surface area contributed by atoms with Crippen LogP contribution in [0.2, 0.25) is 0 Å². The Morgan fingerprint density at radius 2 is 1.76 bits per heavy atom. The van der Waals surface area contributed by atoms with E-state index < -0.39 is 11.2 Å². The van der Waals surface area contributed by atoms with Crippen molar-refractivity contribution in [2.24, 2.45) is 0 Å². The molecule has 0 spiro atoms. The van der Waals surface area contributed by atoms with Gasteiger partial charge in [-0.15, -0.1) is 0 Å². The number of fused-ring (bicyclic) bond motifs is 2. The van der Waals surface area contributed by atoms with Crippen LogP contribution in [0.1, 0.15) is 15.9 Å². The van der Waals surface area contributed by atoms with Gasteiger partial charge in [-0.25, -0.2) is 0 Å². The number of ether oxygens (including phenoxy) is 3. The van der Waals surface area contributed by atoms with Crippen molar-refractivity contribution < 1.29 is 23.8 Å². The van der Waals surface area contributed by atoms with Crippen molar-refractivity contribution >= 4 is 28.3 Å². The number of anilines is 1. The summed E-state index contributed by atoms with van der Waals surface area (Å²) in [6, 6.07) is 18.7. The maximum absolute atomic E-state index is 13.3. The molecule has 1 N–H and O–H groups in total. The molecule has 0 bridgehead atoms. The van der Waals surface area contributed by atoms with Crippen molar-refractivity contribution in [3.8, 4) is 17.2 Å². The summed E-state index contributed by atoms with van der Waals surface area (Å²) >= 11 is 0. The highest BCUT2D eigenvalue weighted by atomic mass is 16.7. The van der Waals surface area contributed by atoms with Crippen molar-refractivity contribution in [2.75, 3.05) is 19.2 Å². The van der Waals surface area contributed by atoms with E-state index in [4.69, 9.17) is 14.2 Å². The van der Waals surface area contributed by atoms with E-state index in [9.17, 15) is 14.4 Å². The Kier molecular flexibility index (Phi) is 5.47. The van der Waals surface area contributed by atoms with Gasteiger partial charge in [-0.2, -0.15) is 0 Å². The second-order valence-corrected chi connectivity index (χ2v) is 7.70. The van der Waals surface area contributed by atoms with Crippen LogP contribution in [0.4, 0.5) is 5.69 Å². The number of methoxy groups -OCH3 is 1. The topological polar surface area (TPSA) is 95.9 Å². The second-order valence-electron chi connectivity index (χ2n) is 7.70. The first-order valence-electron chi connectivity index (χ1n) is 10.5. The van der Waals surface area contributed by atoms with Crippen molar-refractivity contribution in [1.29, 1.82) is 0 Å². The van der Waals surface area contributed by atoms with Gasteiger partial charge in [-0.3, -0.25) is 14.4 Å². The summed E-state index contributed by atoms with van der Waals surface area (Å²) in [6.07, 6.45) is 1.42. The maximum Gasteiger partial charge on any atom is 0.244 e. The highest BCUT2D eigenvalue weighted by molar-refractivity contribution is 6.10. The monoisotopic (exact) mass is 456 g/mol. The molecule has 5 rings (SSSR count). The van der Waals surface area contributed by atoms with Crippen LogP contribution in [0, 0.1) is 0 Å². The SMILES string of the molecule is COc1cccc(NC(=O)Cn2cc(C(=O)c3ccccc3)c(=O)c3cc4c(cc32)OCO4)c1. The third kappa shape index (κ3) is 3.97. The van der Waals surface area contributed by atoms with Gasteiger partial charge in [0.15, 0.2) is 17.3 Å². The number of pyridine rings is 1. The van der Waals surface area contributed by atoms with Crippen molar-refractivity contribution in [3.05, 3.63) is 94.3 Å². The standard InChI is InChI=1S/C26H20N2O6/c1-32-18-9-5-8-17(10-18)27-24(29)14-28-13-20(25(30)16-6-3-2-4-7-16)26(31)19-11-22-23(12-21(19)28)34-15-33-22/h2-13H,14-15H2,1H3,(H,27,29). The van der Waals surface area contributed by atoms with Crippen LogP contribution in [-0.2, 0) is 11.3 Å². The third-order valence-corrected chi connectivity index (χ3v) is 5.52. The molecule has 4 aromatic rings. The van der Waals surface area contributed by atoms with Crippen LogP contribution >= 0.6 is 0 Å². The smallest absolute Gasteiger partial charge is 0.244 e. The number of aromatic nitrogens is 1. The van der Waals surface area contributed by atoms with Gasteiger partial charge >= 0.3 is 0 Å².